The van der Waals surface area contributed by atoms with E-state index >= 15 is 0 Å². The van der Waals surface area contributed by atoms with Gasteiger partial charge in [0.15, 0.2) is 0 Å². The van der Waals surface area contributed by atoms with E-state index < -0.39 is 11.6 Å². The van der Waals surface area contributed by atoms with Gasteiger partial charge in [-0.3, -0.25) is 14.4 Å². The van der Waals surface area contributed by atoms with E-state index in [-0.39, 0.29) is 45.7 Å². The summed E-state index contributed by atoms with van der Waals surface area (Å²) in [7, 11) is 0. The normalized spacial score (nSPS) is 14.5. The number of amides is 2. The van der Waals surface area contributed by atoms with Crippen molar-refractivity contribution in [2.24, 2.45) is 5.41 Å². The zero-order chi connectivity index (χ0) is 37.4. The fourth-order valence-corrected chi connectivity index (χ4v) is 8.25. The minimum atomic E-state index is -0.685. The predicted octanol–water partition coefficient (Wildman–Crippen LogP) is 8.85. The van der Waals surface area contributed by atoms with Crippen LogP contribution < -0.4 is 20.9 Å². The number of rotatable bonds is 10. The maximum atomic E-state index is 14.2. The van der Waals surface area contributed by atoms with Crippen LogP contribution in [0, 0.1) is 18.2 Å². The van der Waals surface area contributed by atoms with E-state index in [2.05, 4.69) is 34.0 Å². The molecule has 0 saturated carbocycles. The van der Waals surface area contributed by atoms with Crippen LogP contribution in [-0.2, 0) is 6.42 Å². The van der Waals surface area contributed by atoms with E-state index in [9.17, 15) is 18.8 Å². The monoisotopic (exact) mass is 732 g/mol. The number of nitrogens with one attached hydrogen (secondary N) is 2. The molecular weight excluding hydrogens is 691 g/mol. The lowest BCUT2D eigenvalue weighted by atomic mass is 9.72. The summed E-state index contributed by atoms with van der Waals surface area (Å²) in [6.07, 6.45) is 6.74. The third-order valence-electron chi connectivity index (χ3n) is 10.4. The molecule has 11 heteroatoms. The number of para-hydroxylation sites is 2. The van der Waals surface area contributed by atoms with Crippen molar-refractivity contribution in [3.63, 3.8) is 0 Å². The summed E-state index contributed by atoms with van der Waals surface area (Å²) >= 11 is 6.82. The second-order valence-electron chi connectivity index (χ2n) is 14.2. The highest BCUT2D eigenvalue weighted by atomic mass is 35.5. The molecule has 4 N–H and O–H groups in total. The third kappa shape index (κ3) is 6.68. The minimum absolute atomic E-state index is 0.0149. The van der Waals surface area contributed by atoms with Gasteiger partial charge in [0.1, 0.15) is 17.3 Å². The van der Waals surface area contributed by atoms with Crippen LogP contribution in [0.5, 0.6) is 0 Å². The Morgan fingerprint density at radius 1 is 0.981 bits per heavy atom. The molecule has 5 aromatic rings. The van der Waals surface area contributed by atoms with E-state index in [1.807, 2.05) is 37.3 Å². The Balaban J connectivity index is 1.09. The molecule has 0 radical (unpaired) electrons. The summed E-state index contributed by atoms with van der Waals surface area (Å²) in [6.45, 7) is 8.43. The second kappa shape index (κ2) is 14.5. The van der Waals surface area contributed by atoms with Gasteiger partial charge in [0.2, 0.25) is 5.78 Å². The highest BCUT2D eigenvalue weighted by Crippen LogP contribution is 2.43. The summed E-state index contributed by atoms with van der Waals surface area (Å²) < 4.78 is 14.2. The zero-order valence-electron chi connectivity index (χ0n) is 30.1. The summed E-state index contributed by atoms with van der Waals surface area (Å²) in [6, 6.07) is 20.2. The van der Waals surface area contributed by atoms with Crippen LogP contribution in [-0.4, -0.2) is 47.2 Å². The number of halogens is 2. The first kappa shape index (κ1) is 35.9. The van der Waals surface area contributed by atoms with Crippen molar-refractivity contribution in [3.05, 3.63) is 123 Å². The number of aryl methyl sites for hydroxylation is 1. The van der Waals surface area contributed by atoms with Crippen LogP contribution in [0.2, 0.25) is 5.02 Å². The van der Waals surface area contributed by atoms with Crippen molar-refractivity contribution in [2.75, 3.05) is 40.5 Å². The molecule has 2 amide bonds. The van der Waals surface area contributed by atoms with Gasteiger partial charge in [0, 0.05) is 48.1 Å². The summed E-state index contributed by atoms with van der Waals surface area (Å²) in [4.78, 5) is 53.0. The molecule has 3 aromatic carbocycles. The Hall–Kier alpha value is -5.48. The Morgan fingerprint density at radius 3 is 2.42 bits per heavy atom. The number of benzene rings is 3. The molecular formula is C42H42ClFN6O3. The molecule has 0 spiro atoms. The lowest BCUT2D eigenvalue weighted by Gasteiger charge is -2.51. The van der Waals surface area contributed by atoms with Crippen molar-refractivity contribution in [1.29, 1.82) is 0 Å². The van der Waals surface area contributed by atoms with E-state index in [0.717, 1.165) is 44.3 Å². The Kier molecular flexibility index (Phi) is 9.83. The predicted molar refractivity (Wildman–Crippen MR) is 209 cm³/mol. The average molecular weight is 733 g/mol. The molecule has 0 aliphatic carbocycles. The van der Waals surface area contributed by atoms with Crippen LogP contribution in [0.4, 0.5) is 27.3 Å². The van der Waals surface area contributed by atoms with Crippen LogP contribution in [0.15, 0.2) is 79.0 Å². The first-order valence-electron chi connectivity index (χ1n) is 18.1. The number of aromatic nitrogens is 2. The van der Waals surface area contributed by atoms with Gasteiger partial charge in [0.25, 0.3) is 11.8 Å². The Morgan fingerprint density at radius 2 is 1.70 bits per heavy atom. The fourth-order valence-electron chi connectivity index (χ4n) is 7.93. The van der Waals surface area contributed by atoms with E-state index in [1.54, 1.807) is 35.4 Å². The summed E-state index contributed by atoms with van der Waals surface area (Å²) in [5, 5.41) is 3.22. The van der Waals surface area contributed by atoms with Gasteiger partial charge in [-0.05, 0) is 85.8 Å². The number of pyridine rings is 1. The molecule has 2 aliphatic heterocycles. The first-order valence-corrected chi connectivity index (χ1v) is 18.4. The molecule has 4 heterocycles. The van der Waals surface area contributed by atoms with Crippen molar-refractivity contribution in [2.45, 2.75) is 52.9 Å². The molecule has 9 nitrogen and oxygen atoms in total. The number of aromatic amines is 1. The molecule has 53 heavy (non-hydrogen) atoms. The number of fused-ring (bicyclic) bond motifs is 3. The van der Waals surface area contributed by atoms with Crippen LogP contribution in [0.25, 0.3) is 11.3 Å². The third-order valence-corrected chi connectivity index (χ3v) is 10.8. The van der Waals surface area contributed by atoms with Gasteiger partial charge in [-0.2, -0.15) is 0 Å². The maximum absolute atomic E-state index is 14.2. The zero-order valence-corrected chi connectivity index (χ0v) is 30.8. The standard InChI is InChI=1S/C42H42ClFN6O3/c1-4-18-42(19-5-2)23-49(24-42)39-31(21-25(3)22-46-39)40(52)47-27-15-13-26(14-16-27)41(53)50-20-17-29-34(43)37(38(51)30-10-8-11-32(44)35(30)45)48-36(29)28-9-6-7-12-33(28)50/h6-16,21-22,48H,4-5,17-20,23-24,45H2,1-3H3,(H,47,52). The number of hydrogen-bond acceptors (Lipinski definition) is 6. The van der Waals surface area contributed by atoms with Crippen molar-refractivity contribution >= 4 is 52.1 Å². The van der Waals surface area contributed by atoms with Gasteiger partial charge < -0.3 is 25.8 Å². The molecule has 1 saturated heterocycles. The van der Waals surface area contributed by atoms with Gasteiger partial charge in [-0.15, -0.1) is 0 Å². The number of hydrogen-bond donors (Lipinski definition) is 3. The molecule has 0 bridgehead atoms. The van der Waals surface area contributed by atoms with Gasteiger partial charge in [-0.1, -0.05) is 62.6 Å². The summed E-state index contributed by atoms with van der Waals surface area (Å²) in [5.74, 6) is -0.992. The van der Waals surface area contributed by atoms with Gasteiger partial charge in [-0.25, -0.2) is 9.37 Å². The topological polar surface area (TPSA) is 124 Å². The number of nitrogens with two attached hydrogens (primary N) is 1. The highest BCUT2D eigenvalue weighted by Gasteiger charge is 2.43. The lowest BCUT2D eigenvalue weighted by molar-refractivity contribution is 0.0985. The smallest absolute Gasteiger partial charge is 0.259 e. The van der Waals surface area contributed by atoms with Crippen LogP contribution in [0.3, 0.4) is 0 Å². The molecule has 0 atom stereocenters. The van der Waals surface area contributed by atoms with Crippen LogP contribution in [0.1, 0.15) is 87.4 Å². The largest absolute Gasteiger partial charge is 0.396 e. The molecule has 2 aliphatic rings. The first-order chi connectivity index (χ1) is 25.5. The number of anilines is 4. The number of nitrogens with zero attached hydrogens (tertiary/aromatic N) is 3. The Bertz CT molecular complexity index is 2220. The summed E-state index contributed by atoms with van der Waals surface area (Å²) in [5.41, 5.74) is 11.1. The number of carbonyl (C=O) groups excluding carboxylic acids is 3. The number of carbonyl (C=O) groups is 3. The number of H-pyrrole nitrogens is 1. The SMILES string of the molecule is CCCC1(CCC)CN(c2ncc(C)cc2C(=O)Nc2ccc(C(=O)N3CCc4c([nH]c(C(=O)c5cccc(F)c5N)c4Cl)-c4ccccc43)cc2)C1. The van der Waals surface area contributed by atoms with Crippen molar-refractivity contribution < 1.29 is 18.8 Å². The molecule has 272 valence electrons. The second-order valence-corrected chi connectivity index (χ2v) is 14.6. The Labute approximate surface area is 313 Å². The highest BCUT2D eigenvalue weighted by molar-refractivity contribution is 6.36. The lowest BCUT2D eigenvalue weighted by Crippen LogP contribution is -2.57. The quantitative estimate of drug-likeness (QED) is 0.0974. The van der Waals surface area contributed by atoms with Gasteiger partial charge >= 0.3 is 0 Å². The molecule has 7 rings (SSSR count). The fraction of sp³-hybridized carbons (Fsp3) is 0.286. The average Bonchev–Trinajstić information content (AvgIpc) is 3.37. The van der Waals surface area contributed by atoms with Gasteiger partial charge in [0.05, 0.1) is 33.2 Å². The number of nitrogen functional groups attached to an aromatic ring is 1. The maximum Gasteiger partial charge on any atom is 0.259 e. The molecule has 0 unspecified atom stereocenters. The minimum Gasteiger partial charge on any atom is -0.396 e. The van der Waals surface area contributed by atoms with Crippen molar-refractivity contribution in [1.82, 2.24) is 9.97 Å². The molecule has 2 aromatic heterocycles. The van der Waals surface area contributed by atoms with E-state index in [4.69, 9.17) is 17.3 Å². The number of ketones is 1. The van der Waals surface area contributed by atoms with Crippen molar-refractivity contribution in [3.8, 4) is 11.3 Å². The van der Waals surface area contributed by atoms with Crippen LogP contribution >= 0.6 is 11.6 Å². The van der Waals surface area contributed by atoms with E-state index in [1.165, 1.54) is 18.2 Å². The molecule has 1 fully saturated rings. The van der Waals surface area contributed by atoms with E-state index in [0.29, 0.717) is 51.6 Å².